The summed E-state index contributed by atoms with van der Waals surface area (Å²) in [6, 6.07) is 10.5. The molecule has 0 radical (unpaired) electrons. The Hall–Kier alpha value is -3.29. The number of aryl methyl sites for hydroxylation is 1. The van der Waals surface area contributed by atoms with Gasteiger partial charge in [0.15, 0.2) is 0 Å². The molecule has 1 atom stereocenters. The molecule has 1 saturated heterocycles. The third-order valence-electron chi connectivity index (χ3n) is 4.88. The van der Waals surface area contributed by atoms with Crippen LogP contribution in [0.2, 0.25) is 0 Å². The van der Waals surface area contributed by atoms with E-state index in [1.165, 1.54) is 12.1 Å². The number of hydrogen-bond acceptors (Lipinski definition) is 5. The Morgan fingerprint density at radius 1 is 1.25 bits per heavy atom. The highest BCUT2D eigenvalue weighted by molar-refractivity contribution is 5.93. The second-order valence-corrected chi connectivity index (χ2v) is 6.86. The number of carbonyl (C=O) groups is 1. The number of aromatic nitrogens is 1. The van der Waals surface area contributed by atoms with E-state index >= 15 is 0 Å². The average molecular weight is 386 g/mol. The van der Waals surface area contributed by atoms with Crippen molar-refractivity contribution in [1.82, 2.24) is 4.98 Å². The van der Waals surface area contributed by atoms with Gasteiger partial charge in [0.1, 0.15) is 11.9 Å². The number of carboxylic acids is 1. The van der Waals surface area contributed by atoms with Gasteiger partial charge in [-0.25, -0.2) is 18.4 Å². The molecular weight excluding hydrogens is 370 g/mol. The lowest BCUT2D eigenvalue weighted by Gasteiger charge is -2.22. The predicted molar refractivity (Wildman–Crippen MR) is 98.8 cm³/mol. The summed E-state index contributed by atoms with van der Waals surface area (Å²) in [5.74, 6) is -4.46. The number of halogens is 2. The average Bonchev–Trinajstić information content (AvgIpc) is 2.97. The van der Waals surface area contributed by atoms with E-state index in [2.05, 4.69) is 4.98 Å². The maximum absolute atomic E-state index is 13.8. The third kappa shape index (κ3) is 3.11. The van der Waals surface area contributed by atoms with Crippen LogP contribution in [0, 0.1) is 6.92 Å². The topological polar surface area (TPSA) is 83.6 Å². The maximum atomic E-state index is 13.8. The Morgan fingerprint density at radius 3 is 2.71 bits per heavy atom. The molecule has 0 spiro atoms. The van der Waals surface area contributed by atoms with Crippen molar-refractivity contribution in [2.24, 2.45) is 0 Å². The predicted octanol–water partition coefficient (Wildman–Crippen LogP) is 3.46. The van der Waals surface area contributed by atoms with E-state index in [1.807, 2.05) is 31.2 Å². The fourth-order valence-corrected chi connectivity index (χ4v) is 3.57. The van der Waals surface area contributed by atoms with E-state index in [9.17, 15) is 23.5 Å². The van der Waals surface area contributed by atoms with Crippen molar-refractivity contribution in [3.63, 3.8) is 0 Å². The minimum Gasteiger partial charge on any atom is -0.480 e. The first-order valence-corrected chi connectivity index (χ1v) is 8.63. The molecule has 144 valence electrons. The van der Waals surface area contributed by atoms with Gasteiger partial charge in [-0.2, -0.15) is 4.98 Å². The van der Waals surface area contributed by atoms with E-state index in [4.69, 9.17) is 4.42 Å². The van der Waals surface area contributed by atoms with Crippen LogP contribution in [-0.4, -0.2) is 34.6 Å². The van der Waals surface area contributed by atoms with Gasteiger partial charge in [0.25, 0.3) is 5.92 Å². The van der Waals surface area contributed by atoms with E-state index in [-0.39, 0.29) is 11.5 Å². The van der Waals surface area contributed by atoms with Gasteiger partial charge >= 0.3 is 11.6 Å². The fraction of sp³-hybridized carbons (Fsp3) is 0.250. The van der Waals surface area contributed by atoms with Crippen molar-refractivity contribution in [3.8, 4) is 11.1 Å². The van der Waals surface area contributed by atoms with Gasteiger partial charge in [-0.15, -0.1) is 0 Å². The molecule has 2 aromatic heterocycles. The molecule has 28 heavy (non-hydrogen) atoms. The summed E-state index contributed by atoms with van der Waals surface area (Å²) in [6.45, 7) is 1.14. The second kappa shape index (κ2) is 6.40. The summed E-state index contributed by atoms with van der Waals surface area (Å²) < 4.78 is 32.8. The number of nitrogens with zero attached hydrogens (tertiary/aromatic N) is 2. The van der Waals surface area contributed by atoms with Crippen LogP contribution in [0.15, 0.2) is 51.7 Å². The van der Waals surface area contributed by atoms with Crippen LogP contribution in [0.1, 0.15) is 12.0 Å². The zero-order valence-corrected chi connectivity index (χ0v) is 14.9. The summed E-state index contributed by atoms with van der Waals surface area (Å²) in [4.78, 5) is 28.7. The number of aliphatic carboxylic acids is 1. The van der Waals surface area contributed by atoms with Gasteiger partial charge in [-0.3, -0.25) is 0 Å². The molecule has 3 heterocycles. The van der Waals surface area contributed by atoms with Crippen molar-refractivity contribution in [1.29, 1.82) is 0 Å². The highest BCUT2D eigenvalue weighted by Gasteiger charge is 2.48. The number of alkyl halides is 2. The normalized spacial score (nSPS) is 18.5. The molecule has 0 amide bonds. The summed E-state index contributed by atoms with van der Waals surface area (Å²) in [7, 11) is 0. The van der Waals surface area contributed by atoms with Crippen molar-refractivity contribution < 1.29 is 23.1 Å². The van der Waals surface area contributed by atoms with Crippen LogP contribution in [0.4, 0.5) is 14.6 Å². The Kier molecular flexibility index (Phi) is 4.14. The lowest BCUT2D eigenvalue weighted by Crippen LogP contribution is -2.36. The molecule has 1 aliphatic heterocycles. The van der Waals surface area contributed by atoms with Crippen LogP contribution in [-0.2, 0) is 4.79 Å². The minimum atomic E-state index is -3.14. The van der Waals surface area contributed by atoms with E-state index in [1.54, 1.807) is 6.07 Å². The number of benzene rings is 1. The van der Waals surface area contributed by atoms with Crippen molar-refractivity contribution in [2.45, 2.75) is 25.3 Å². The molecule has 0 bridgehead atoms. The third-order valence-corrected chi connectivity index (χ3v) is 4.88. The SMILES string of the molecule is Cc1ccccc1-c1cc(=O)oc2nc(N3CC(F)(F)CC3C(=O)O)ccc12. The molecule has 3 aromatic rings. The lowest BCUT2D eigenvalue weighted by molar-refractivity contribution is -0.139. The number of carboxylic acid groups (broad SMARTS) is 1. The smallest absolute Gasteiger partial charge is 0.338 e. The van der Waals surface area contributed by atoms with Crippen LogP contribution < -0.4 is 10.5 Å². The summed E-state index contributed by atoms with van der Waals surface area (Å²) in [5.41, 5.74) is 1.74. The van der Waals surface area contributed by atoms with Crippen LogP contribution in [0.3, 0.4) is 0 Å². The van der Waals surface area contributed by atoms with Gasteiger partial charge in [0, 0.05) is 23.4 Å². The highest BCUT2D eigenvalue weighted by atomic mass is 19.3. The highest BCUT2D eigenvalue weighted by Crippen LogP contribution is 2.36. The van der Waals surface area contributed by atoms with Crippen molar-refractivity contribution in [3.05, 3.63) is 58.4 Å². The summed E-state index contributed by atoms with van der Waals surface area (Å²) in [5, 5.41) is 9.82. The summed E-state index contributed by atoms with van der Waals surface area (Å²) in [6.07, 6.45) is -0.796. The Labute approximate surface area is 158 Å². The fourth-order valence-electron chi connectivity index (χ4n) is 3.57. The number of fused-ring (bicyclic) bond motifs is 1. The lowest BCUT2D eigenvalue weighted by atomic mass is 9.99. The Balaban J connectivity index is 1.86. The van der Waals surface area contributed by atoms with Gasteiger partial charge in [0.05, 0.1) is 6.54 Å². The standard InChI is InChI=1S/C20H16F2N2O4/c1-11-4-2-3-5-12(11)14-8-17(25)28-18-13(14)6-7-16(23-18)24-10-20(21,22)9-15(24)19(26)27/h2-8,15H,9-10H2,1H3,(H,26,27). The molecule has 6 nitrogen and oxygen atoms in total. The largest absolute Gasteiger partial charge is 0.480 e. The van der Waals surface area contributed by atoms with Crippen molar-refractivity contribution in [2.75, 3.05) is 11.4 Å². The van der Waals surface area contributed by atoms with E-state index in [0.717, 1.165) is 16.0 Å². The van der Waals surface area contributed by atoms with Gasteiger partial charge in [-0.1, -0.05) is 24.3 Å². The second-order valence-electron chi connectivity index (χ2n) is 6.86. The van der Waals surface area contributed by atoms with Crippen LogP contribution in [0.5, 0.6) is 0 Å². The molecule has 1 aromatic carbocycles. The molecule has 1 unspecified atom stereocenters. The van der Waals surface area contributed by atoms with E-state index in [0.29, 0.717) is 10.9 Å². The molecule has 1 aliphatic rings. The van der Waals surface area contributed by atoms with E-state index < -0.39 is 36.5 Å². The zero-order chi connectivity index (χ0) is 20.1. The quantitative estimate of drug-likeness (QED) is 0.742. The number of pyridine rings is 1. The first-order valence-electron chi connectivity index (χ1n) is 8.63. The van der Waals surface area contributed by atoms with Crippen LogP contribution in [0.25, 0.3) is 22.2 Å². The molecule has 1 fully saturated rings. The van der Waals surface area contributed by atoms with Gasteiger partial charge in [0.2, 0.25) is 5.71 Å². The first-order chi connectivity index (χ1) is 13.2. The molecule has 0 aliphatic carbocycles. The van der Waals surface area contributed by atoms with Gasteiger partial charge in [-0.05, 0) is 30.2 Å². The Morgan fingerprint density at radius 2 is 2.00 bits per heavy atom. The number of rotatable bonds is 3. The first kappa shape index (κ1) is 18.1. The van der Waals surface area contributed by atoms with Crippen molar-refractivity contribution >= 4 is 22.9 Å². The monoisotopic (exact) mass is 386 g/mol. The molecule has 8 heteroatoms. The number of hydrogen-bond donors (Lipinski definition) is 1. The molecule has 1 N–H and O–H groups in total. The molecular formula is C20H16F2N2O4. The Bertz CT molecular complexity index is 1140. The summed E-state index contributed by atoms with van der Waals surface area (Å²) >= 11 is 0. The zero-order valence-electron chi connectivity index (χ0n) is 14.9. The number of anilines is 1. The van der Waals surface area contributed by atoms with Gasteiger partial charge < -0.3 is 14.4 Å². The minimum absolute atomic E-state index is 0.0254. The molecule has 4 rings (SSSR count). The maximum Gasteiger partial charge on any atom is 0.338 e. The molecule has 0 saturated carbocycles. The van der Waals surface area contributed by atoms with Crippen LogP contribution >= 0.6 is 0 Å².